The van der Waals surface area contributed by atoms with Crippen molar-refractivity contribution < 1.29 is 23.4 Å². The maximum Gasteiger partial charge on any atom is 0.366 e. The van der Waals surface area contributed by atoms with Crippen LogP contribution in [0.3, 0.4) is 0 Å². The van der Waals surface area contributed by atoms with Crippen LogP contribution in [-0.2, 0) is 15.5 Å². The summed E-state index contributed by atoms with van der Waals surface area (Å²) in [6, 6.07) is 3.99. The molecule has 1 heterocycles. The summed E-state index contributed by atoms with van der Waals surface area (Å²) in [5, 5.41) is 10.6. The van der Waals surface area contributed by atoms with E-state index < -0.39 is 17.5 Å². The molecule has 7 heteroatoms. The lowest BCUT2D eigenvalue weighted by atomic mass is 10.2. The second kappa shape index (κ2) is 7.75. The highest BCUT2D eigenvalue weighted by atomic mass is 19.3. The fourth-order valence-electron chi connectivity index (χ4n) is 1.32. The second-order valence-corrected chi connectivity index (χ2v) is 3.73. The van der Waals surface area contributed by atoms with E-state index in [9.17, 15) is 13.6 Å². The minimum atomic E-state index is -3.65. The normalized spacial score (nSPS) is 11.3. The summed E-state index contributed by atoms with van der Waals surface area (Å²) < 4.78 is 32.2. The van der Waals surface area contributed by atoms with Gasteiger partial charge in [-0.25, -0.2) is 0 Å². The highest BCUT2D eigenvalue weighted by molar-refractivity contribution is 5.84. The molecule has 0 aliphatic heterocycles. The molecule has 1 aromatic rings. The van der Waals surface area contributed by atoms with Crippen molar-refractivity contribution in [3.05, 3.63) is 30.1 Å². The molecule has 0 aliphatic rings. The highest BCUT2D eigenvalue weighted by Gasteiger charge is 2.41. The van der Waals surface area contributed by atoms with E-state index in [1.807, 2.05) is 0 Å². The Hall–Kier alpha value is -1.60. The monoisotopic (exact) mass is 274 g/mol. The quantitative estimate of drug-likeness (QED) is 0.684. The van der Waals surface area contributed by atoms with Crippen molar-refractivity contribution in [3.8, 4) is 0 Å². The average Bonchev–Trinajstić information content (AvgIpc) is 2.43. The van der Waals surface area contributed by atoms with Crippen molar-refractivity contribution in [2.45, 2.75) is 12.3 Å². The Kier molecular flexibility index (Phi) is 6.31. The van der Waals surface area contributed by atoms with Gasteiger partial charge in [-0.2, -0.15) is 8.78 Å². The van der Waals surface area contributed by atoms with E-state index in [2.05, 4.69) is 10.3 Å². The van der Waals surface area contributed by atoms with Crippen molar-refractivity contribution in [1.29, 1.82) is 0 Å². The van der Waals surface area contributed by atoms with E-state index in [1.54, 1.807) is 0 Å². The molecule has 1 aromatic heterocycles. The lowest BCUT2D eigenvalue weighted by molar-refractivity contribution is -0.147. The molecule has 0 unspecified atom stereocenters. The number of halogens is 2. The number of hydrogen-bond donors (Lipinski definition) is 2. The minimum absolute atomic E-state index is 0.0761. The van der Waals surface area contributed by atoms with Crippen LogP contribution in [0.25, 0.3) is 0 Å². The number of nitrogens with zero attached hydrogens (tertiary/aromatic N) is 1. The maximum atomic E-state index is 13.6. The Morgan fingerprint density at radius 1 is 1.42 bits per heavy atom. The first kappa shape index (κ1) is 15.5. The Labute approximate surface area is 109 Å². The number of hydrogen-bond acceptors (Lipinski definition) is 4. The van der Waals surface area contributed by atoms with Crippen molar-refractivity contribution in [3.63, 3.8) is 0 Å². The molecule has 0 saturated carbocycles. The summed E-state index contributed by atoms with van der Waals surface area (Å²) in [6.07, 6.45) is 1.60. The first-order valence-corrected chi connectivity index (χ1v) is 5.85. The molecule has 0 aliphatic carbocycles. The number of aliphatic hydroxyl groups is 1. The van der Waals surface area contributed by atoms with Gasteiger partial charge in [-0.05, 0) is 18.6 Å². The molecule has 1 rings (SSSR count). The van der Waals surface area contributed by atoms with Gasteiger partial charge in [0.25, 0.3) is 5.91 Å². The molecule has 0 aromatic carbocycles. The molecule has 1 amide bonds. The lowest BCUT2D eigenvalue weighted by Crippen LogP contribution is -2.39. The van der Waals surface area contributed by atoms with Gasteiger partial charge in [-0.3, -0.25) is 9.78 Å². The Balaban J connectivity index is 2.36. The van der Waals surface area contributed by atoms with E-state index >= 15 is 0 Å². The SMILES string of the molecule is O=C(NCCCOCCO)C(F)(F)c1ccccn1. The van der Waals surface area contributed by atoms with Gasteiger partial charge < -0.3 is 15.2 Å². The molecule has 0 fully saturated rings. The maximum absolute atomic E-state index is 13.6. The van der Waals surface area contributed by atoms with Crippen molar-refractivity contribution >= 4 is 5.91 Å². The van der Waals surface area contributed by atoms with Gasteiger partial charge in [-0.15, -0.1) is 0 Å². The molecule has 19 heavy (non-hydrogen) atoms. The number of carbonyl (C=O) groups is 1. The van der Waals surface area contributed by atoms with Crippen LogP contribution < -0.4 is 5.32 Å². The summed E-state index contributed by atoms with van der Waals surface area (Å²) >= 11 is 0. The van der Waals surface area contributed by atoms with Crippen LogP contribution in [0.15, 0.2) is 24.4 Å². The molecular formula is C12H16F2N2O3. The standard InChI is InChI=1S/C12H16F2N2O3/c13-12(14,10-4-1-2-5-15-10)11(18)16-6-3-8-19-9-7-17/h1-2,4-5,17H,3,6-9H2,(H,16,18). The topological polar surface area (TPSA) is 71.5 Å². The number of carbonyl (C=O) groups excluding carboxylic acids is 1. The fourth-order valence-corrected chi connectivity index (χ4v) is 1.32. The average molecular weight is 274 g/mol. The molecule has 0 bridgehead atoms. The van der Waals surface area contributed by atoms with Gasteiger partial charge in [0, 0.05) is 19.3 Å². The van der Waals surface area contributed by atoms with E-state index in [4.69, 9.17) is 9.84 Å². The zero-order valence-corrected chi connectivity index (χ0v) is 10.3. The first-order chi connectivity index (χ1) is 9.09. The summed E-state index contributed by atoms with van der Waals surface area (Å²) in [5.41, 5.74) is -0.580. The van der Waals surface area contributed by atoms with E-state index in [0.717, 1.165) is 6.07 Å². The number of pyridine rings is 1. The predicted molar refractivity (Wildman–Crippen MR) is 63.7 cm³/mol. The fraction of sp³-hybridized carbons (Fsp3) is 0.500. The summed E-state index contributed by atoms with van der Waals surface area (Å²) in [7, 11) is 0. The zero-order chi connectivity index (χ0) is 14.1. The summed E-state index contributed by atoms with van der Waals surface area (Å²) in [4.78, 5) is 14.8. The van der Waals surface area contributed by atoms with Crippen LogP contribution in [0.1, 0.15) is 12.1 Å². The van der Waals surface area contributed by atoms with Gasteiger partial charge in [0.1, 0.15) is 5.69 Å². The summed E-state index contributed by atoms with van der Waals surface area (Å²) in [5.74, 6) is -5.03. The summed E-state index contributed by atoms with van der Waals surface area (Å²) in [6.45, 7) is 0.463. The van der Waals surface area contributed by atoms with Crippen LogP contribution in [0, 0.1) is 0 Å². The van der Waals surface area contributed by atoms with Crippen LogP contribution in [0.5, 0.6) is 0 Å². The Morgan fingerprint density at radius 2 is 2.21 bits per heavy atom. The van der Waals surface area contributed by atoms with Gasteiger partial charge in [-0.1, -0.05) is 6.07 Å². The molecule has 0 atom stereocenters. The van der Waals surface area contributed by atoms with Crippen molar-refractivity contribution in [1.82, 2.24) is 10.3 Å². The Bertz CT molecular complexity index is 388. The third-order valence-corrected chi connectivity index (χ3v) is 2.26. The molecule has 5 nitrogen and oxygen atoms in total. The number of rotatable bonds is 8. The van der Waals surface area contributed by atoms with E-state index in [0.29, 0.717) is 6.42 Å². The van der Waals surface area contributed by atoms with Crippen LogP contribution in [-0.4, -0.2) is 42.4 Å². The smallest absolute Gasteiger partial charge is 0.366 e. The minimum Gasteiger partial charge on any atom is -0.394 e. The molecular weight excluding hydrogens is 258 g/mol. The van der Waals surface area contributed by atoms with Gasteiger partial charge >= 0.3 is 5.92 Å². The number of alkyl halides is 2. The van der Waals surface area contributed by atoms with Gasteiger partial charge in [0.05, 0.1) is 13.2 Å². The predicted octanol–water partition coefficient (Wildman–Crippen LogP) is 0.689. The van der Waals surface area contributed by atoms with Gasteiger partial charge in [0.15, 0.2) is 0 Å². The first-order valence-electron chi connectivity index (χ1n) is 5.85. The second-order valence-electron chi connectivity index (χ2n) is 3.73. The van der Waals surface area contributed by atoms with E-state index in [-0.39, 0.29) is 26.4 Å². The third-order valence-electron chi connectivity index (χ3n) is 2.26. The molecule has 106 valence electrons. The number of aromatic nitrogens is 1. The van der Waals surface area contributed by atoms with Gasteiger partial charge in [0.2, 0.25) is 0 Å². The molecule has 0 radical (unpaired) electrons. The van der Waals surface area contributed by atoms with Crippen molar-refractivity contribution in [2.75, 3.05) is 26.4 Å². The molecule has 0 spiro atoms. The van der Waals surface area contributed by atoms with Crippen molar-refractivity contribution in [2.24, 2.45) is 0 Å². The number of nitrogens with one attached hydrogen (secondary N) is 1. The lowest BCUT2D eigenvalue weighted by Gasteiger charge is -2.15. The zero-order valence-electron chi connectivity index (χ0n) is 10.3. The van der Waals surface area contributed by atoms with E-state index in [1.165, 1.54) is 18.3 Å². The third kappa shape index (κ3) is 4.88. The molecule has 2 N–H and O–H groups in total. The number of amides is 1. The highest BCUT2D eigenvalue weighted by Crippen LogP contribution is 2.25. The number of ether oxygens (including phenoxy) is 1. The Morgan fingerprint density at radius 3 is 2.84 bits per heavy atom. The van der Waals surface area contributed by atoms with Crippen LogP contribution >= 0.6 is 0 Å². The largest absolute Gasteiger partial charge is 0.394 e. The number of aliphatic hydroxyl groups excluding tert-OH is 1. The van der Waals surface area contributed by atoms with Crippen LogP contribution in [0.2, 0.25) is 0 Å². The molecule has 0 saturated heterocycles. The van der Waals surface area contributed by atoms with Crippen LogP contribution in [0.4, 0.5) is 8.78 Å².